The van der Waals surface area contributed by atoms with Crippen molar-refractivity contribution in [2.75, 3.05) is 25.0 Å². The Balaban J connectivity index is 1.79. The molecule has 1 aliphatic heterocycles. The van der Waals surface area contributed by atoms with E-state index in [-0.39, 0.29) is 5.91 Å². The number of benzene rings is 1. The molecule has 0 aromatic heterocycles. The number of anilines is 1. The summed E-state index contributed by atoms with van der Waals surface area (Å²) < 4.78 is 0. The average Bonchev–Trinajstić information content (AvgIpc) is 2.45. The van der Waals surface area contributed by atoms with Crippen LogP contribution in [0, 0.1) is 13.8 Å². The van der Waals surface area contributed by atoms with Gasteiger partial charge in [0, 0.05) is 5.69 Å². The van der Waals surface area contributed by atoms with Crippen molar-refractivity contribution in [2.24, 2.45) is 0 Å². The molecule has 0 spiro atoms. The first kappa shape index (κ1) is 17.5. The molecular weight excluding hydrogens is 290 g/mol. The molecule has 1 aliphatic rings. The van der Waals surface area contributed by atoms with Crippen molar-refractivity contribution in [1.29, 1.82) is 0 Å². The van der Waals surface area contributed by atoms with Gasteiger partial charge in [-0.05, 0) is 63.0 Å². The van der Waals surface area contributed by atoms with Crippen LogP contribution in [0.4, 0.5) is 10.5 Å². The van der Waals surface area contributed by atoms with Crippen LogP contribution in [0.3, 0.4) is 0 Å². The van der Waals surface area contributed by atoms with Crippen LogP contribution in [0.25, 0.3) is 0 Å². The molecule has 2 rings (SSSR count). The van der Waals surface area contributed by atoms with E-state index in [0.29, 0.717) is 12.2 Å². The van der Waals surface area contributed by atoms with Crippen LogP contribution in [0.15, 0.2) is 18.2 Å². The zero-order chi connectivity index (χ0) is 16.7. The van der Waals surface area contributed by atoms with Crippen LogP contribution >= 0.6 is 0 Å². The van der Waals surface area contributed by atoms with Gasteiger partial charge in [-0.1, -0.05) is 25.3 Å². The van der Waals surface area contributed by atoms with Crippen LogP contribution < -0.4 is 10.6 Å². The topological polar surface area (TPSA) is 61.4 Å². The van der Waals surface area contributed by atoms with Gasteiger partial charge in [-0.2, -0.15) is 0 Å². The van der Waals surface area contributed by atoms with Crippen LogP contribution in [-0.4, -0.2) is 36.5 Å². The Bertz CT molecular complexity index is 549. The lowest BCUT2D eigenvalue weighted by atomic mass is 10.1. The van der Waals surface area contributed by atoms with Crippen molar-refractivity contribution in [3.63, 3.8) is 0 Å². The minimum absolute atomic E-state index is 0.244. The number of nitrogens with zero attached hydrogens (tertiary/aromatic N) is 1. The molecule has 5 heteroatoms. The molecule has 0 unspecified atom stereocenters. The van der Waals surface area contributed by atoms with Crippen molar-refractivity contribution in [3.05, 3.63) is 29.3 Å². The summed E-state index contributed by atoms with van der Waals surface area (Å²) >= 11 is 0. The number of hydrogen-bond acceptors (Lipinski definition) is 3. The fourth-order valence-electron chi connectivity index (χ4n) is 2.82. The Morgan fingerprint density at radius 2 is 1.65 bits per heavy atom. The number of carbonyl (C=O) groups excluding carboxylic acids is 2. The lowest BCUT2D eigenvalue weighted by Crippen LogP contribution is -2.42. The van der Waals surface area contributed by atoms with E-state index in [4.69, 9.17) is 0 Å². The maximum Gasteiger partial charge on any atom is 0.325 e. The molecule has 1 heterocycles. The molecule has 2 N–H and O–H groups in total. The minimum Gasteiger partial charge on any atom is -0.308 e. The number of nitrogens with one attached hydrogen (secondary N) is 2. The number of urea groups is 1. The van der Waals surface area contributed by atoms with Crippen molar-refractivity contribution < 1.29 is 9.59 Å². The monoisotopic (exact) mass is 317 g/mol. The highest BCUT2D eigenvalue weighted by Gasteiger charge is 2.14. The predicted octanol–water partition coefficient (Wildman–Crippen LogP) is 3.22. The molecule has 0 bridgehead atoms. The molecule has 0 aliphatic carbocycles. The summed E-state index contributed by atoms with van der Waals surface area (Å²) in [5.74, 6) is -0.244. The smallest absolute Gasteiger partial charge is 0.308 e. The van der Waals surface area contributed by atoms with Crippen LogP contribution in [0.5, 0.6) is 0 Å². The summed E-state index contributed by atoms with van der Waals surface area (Å²) in [6.07, 6.45) is 6.00. The second-order valence-corrected chi connectivity index (χ2v) is 6.35. The molecule has 1 aromatic carbocycles. The number of amides is 3. The van der Waals surface area contributed by atoms with E-state index < -0.39 is 6.03 Å². The van der Waals surface area contributed by atoms with Crippen molar-refractivity contribution in [2.45, 2.75) is 46.0 Å². The molecule has 0 atom stereocenters. The fraction of sp³-hybridized carbons (Fsp3) is 0.556. The van der Waals surface area contributed by atoms with E-state index in [2.05, 4.69) is 15.5 Å². The highest BCUT2D eigenvalue weighted by Crippen LogP contribution is 2.14. The molecule has 1 fully saturated rings. The normalized spacial score (nSPS) is 16.3. The standard InChI is InChI=1S/C18H27N3O2/c1-14-8-9-16(12-15(14)2)19-18(23)20-17(22)13-21-10-6-4-3-5-7-11-21/h8-9,12H,3-7,10-11,13H2,1-2H3,(H2,19,20,22,23). The van der Waals surface area contributed by atoms with Gasteiger partial charge in [0.25, 0.3) is 0 Å². The third-order valence-corrected chi connectivity index (χ3v) is 4.33. The van der Waals surface area contributed by atoms with Crippen LogP contribution in [0.1, 0.15) is 43.2 Å². The number of aryl methyl sites for hydroxylation is 2. The fourth-order valence-corrected chi connectivity index (χ4v) is 2.82. The number of imide groups is 1. The maximum atomic E-state index is 12.0. The van der Waals surface area contributed by atoms with Gasteiger partial charge in [-0.25, -0.2) is 4.79 Å². The Kier molecular flexibility index (Phi) is 6.59. The highest BCUT2D eigenvalue weighted by atomic mass is 16.2. The van der Waals surface area contributed by atoms with E-state index in [9.17, 15) is 9.59 Å². The molecule has 1 aromatic rings. The zero-order valence-electron chi connectivity index (χ0n) is 14.2. The van der Waals surface area contributed by atoms with E-state index in [1.807, 2.05) is 32.0 Å². The van der Waals surface area contributed by atoms with Crippen molar-refractivity contribution in [1.82, 2.24) is 10.2 Å². The van der Waals surface area contributed by atoms with Crippen LogP contribution in [0.2, 0.25) is 0 Å². The van der Waals surface area contributed by atoms with Crippen molar-refractivity contribution >= 4 is 17.6 Å². The largest absolute Gasteiger partial charge is 0.325 e. The average molecular weight is 317 g/mol. The highest BCUT2D eigenvalue weighted by molar-refractivity contribution is 6.01. The van der Waals surface area contributed by atoms with E-state index in [1.54, 1.807) is 0 Å². The Morgan fingerprint density at radius 3 is 2.30 bits per heavy atom. The van der Waals surface area contributed by atoms with Gasteiger partial charge in [-0.15, -0.1) is 0 Å². The van der Waals surface area contributed by atoms with E-state index in [0.717, 1.165) is 31.5 Å². The zero-order valence-corrected chi connectivity index (χ0v) is 14.2. The molecule has 0 saturated carbocycles. The summed E-state index contributed by atoms with van der Waals surface area (Å²) in [7, 11) is 0. The first-order valence-electron chi connectivity index (χ1n) is 8.45. The molecule has 3 amide bonds. The third-order valence-electron chi connectivity index (χ3n) is 4.33. The number of rotatable bonds is 3. The summed E-state index contributed by atoms with van der Waals surface area (Å²) in [5.41, 5.74) is 2.98. The summed E-state index contributed by atoms with van der Waals surface area (Å²) in [4.78, 5) is 26.1. The van der Waals surface area contributed by atoms with E-state index in [1.165, 1.54) is 24.8 Å². The summed E-state index contributed by atoms with van der Waals surface area (Å²) in [6.45, 7) is 6.18. The van der Waals surface area contributed by atoms with Gasteiger partial charge in [0.05, 0.1) is 6.54 Å². The lowest BCUT2D eigenvalue weighted by molar-refractivity contribution is -0.121. The Morgan fingerprint density at radius 1 is 1.00 bits per heavy atom. The number of hydrogen-bond donors (Lipinski definition) is 2. The second-order valence-electron chi connectivity index (χ2n) is 6.35. The lowest BCUT2D eigenvalue weighted by Gasteiger charge is -2.23. The summed E-state index contributed by atoms with van der Waals surface area (Å²) in [6, 6.07) is 5.22. The molecular formula is C18H27N3O2. The van der Waals surface area contributed by atoms with Gasteiger partial charge < -0.3 is 5.32 Å². The number of carbonyl (C=O) groups is 2. The minimum atomic E-state index is -0.467. The van der Waals surface area contributed by atoms with Crippen LogP contribution in [-0.2, 0) is 4.79 Å². The maximum absolute atomic E-state index is 12.0. The molecule has 5 nitrogen and oxygen atoms in total. The van der Waals surface area contributed by atoms with Gasteiger partial charge in [-0.3, -0.25) is 15.0 Å². The second kappa shape index (κ2) is 8.67. The van der Waals surface area contributed by atoms with Gasteiger partial charge >= 0.3 is 6.03 Å². The van der Waals surface area contributed by atoms with Gasteiger partial charge in [0.15, 0.2) is 0 Å². The predicted molar refractivity (Wildman–Crippen MR) is 92.6 cm³/mol. The Labute approximate surface area is 138 Å². The first-order chi connectivity index (χ1) is 11.0. The van der Waals surface area contributed by atoms with Gasteiger partial charge in [0.1, 0.15) is 0 Å². The number of likely N-dealkylation sites (tertiary alicyclic amines) is 1. The van der Waals surface area contributed by atoms with E-state index >= 15 is 0 Å². The van der Waals surface area contributed by atoms with Crippen molar-refractivity contribution in [3.8, 4) is 0 Å². The molecule has 126 valence electrons. The molecule has 23 heavy (non-hydrogen) atoms. The first-order valence-corrected chi connectivity index (χ1v) is 8.45. The SMILES string of the molecule is Cc1ccc(NC(=O)NC(=O)CN2CCCCCCC2)cc1C. The quantitative estimate of drug-likeness (QED) is 0.900. The molecule has 0 radical (unpaired) electrons. The third kappa shape index (κ3) is 6.02. The Hall–Kier alpha value is -1.88. The van der Waals surface area contributed by atoms with Gasteiger partial charge in [0.2, 0.25) is 5.91 Å². The summed E-state index contributed by atoms with van der Waals surface area (Å²) in [5, 5.41) is 5.13. The molecule has 1 saturated heterocycles.